The van der Waals surface area contributed by atoms with Crippen molar-refractivity contribution >= 4 is 64.9 Å². The molecule has 0 spiro atoms. The lowest BCUT2D eigenvalue weighted by atomic mass is 9.94. The highest BCUT2D eigenvalue weighted by Crippen LogP contribution is 2.44. The number of fused-ring (bicyclic) bond motifs is 9. The summed E-state index contributed by atoms with van der Waals surface area (Å²) < 4.78 is 115. The van der Waals surface area contributed by atoms with E-state index < -0.39 is 66.4 Å². The average molecular weight is 1340 g/mol. The van der Waals surface area contributed by atoms with Crippen LogP contribution in [0.1, 0.15) is 128 Å². The number of aryl methyl sites for hydroxylation is 3. The van der Waals surface area contributed by atoms with Gasteiger partial charge in [0.05, 0.1) is 58.0 Å². The topological polar surface area (TPSA) is 335 Å². The van der Waals surface area contributed by atoms with E-state index in [1.165, 1.54) is 18.6 Å². The molecular formula is C63H78F3N15O9S3. The number of benzene rings is 3. The van der Waals surface area contributed by atoms with Gasteiger partial charge in [-0.05, 0) is 125 Å². The lowest BCUT2D eigenvalue weighted by Crippen LogP contribution is -2.33. The molecule has 9 N–H and O–H groups in total. The first-order valence-corrected chi connectivity index (χ1v) is 36.2. The van der Waals surface area contributed by atoms with Crippen LogP contribution >= 0.6 is 0 Å². The van der Waals surface area contributed by atoms with Crippen molar-refractivity contribution in [1.82, 2.24) is 29.3 Å². The summed E-state index contributed by atoms with van der Waals surface area (Å²) >= 11 is 0. The van der Waals surface area contributed by atoms with Gasteiger partial charge in [0, 0.05) is 71.8 Å². The molecule has 24 nitrogen and oxygen atoms in total. The van der Waals surface area contributed by atoms with E-state index in [-0.39, 0.29) is 67.8 Å². The van der Waals surface area contributed by atoms with Gasteiger partial charge in [-0.2, -0.15) is 15.3 Å². The quantitative estimate of drug-likeness (QED) is 0.0908. The van der Waals surface area contributed by atoms with E-state index >= 15 is 0 Å². The smallest absolute Gasteiger partial charge is 0.354 e. The minimum atomic E-state index is -3.57. The second-order valence-corrected chi connectivity index (χ2v) is 33.5. The molecule has 0 saturated carbocycles. The summed E-state index contributed by atoms with van der Waals surface area (Å²) in [6.07, 6.45) is 11.1. The Hall–Kier alpha value is -7.38. The summed E-state index contributed by atoms with van der Waals surface area (Å²) in [4.78, 5) is 38.6. The Balaban J connectivity index is 0.000000127. The van der Waals surface area contributed by atoms with Gasteiger partial charge in [-0.15, -0.1) is 13.1 Å². The van der Waals surface area contributed by atoms with Crippen LogP contribution in [-0.2, 0) is 126 Å². The third-order valence-corrected chi connectivity index (χ3v) is 22.6. The van der Waals surface area contributed by atoms with Gasteiger partial charge in [-0.25, -0.2) is 69.6 Å². The number of nitrogens with zero attached hydrogens (tertiary/aromatic N) is 9. The number of nitrogens with one attached hydrogen (secondary N) is 3. The molecule has 0 saturated heterocycles. The Labute approximate surface area is 538 Å². The molecule has 3 aromatic heterocycles. The second-order valence-electron chi connectivity index (χ2n) is 28.2. The lowest BCUT2D eigenvalue weighted by molar-refractivity contribution is 0.0972. The van der Waals surface area contributed by atoms with Gasteiger partial charge in [0.2, 0.25) is 17.6 Å². The van der Waals surface area contributed by atoms with E-state index in [4.69, 9.17) is 29.6 Å². The Kier molecular flexibility index (Phi) is 16.5. The molecule has 15 rings (SSSR count). The number of rotatable bonds is 6. The zero-order chi connectivity index (χ0) is 65.9. The minimum Gasteiger partial charge on any atom is -0.476 e. The Morgan fingerprint density at radius 1 is 0.452 bits per heavy atom. The minimum absolute atomic E-state index is 0.102. The fourth-order valence-electron chi connectivity index (χ4n) is 14.3. The number of anilines is 3. The van der Waals surface area contributed by atoms with E-state index in [9.17, 15) is 40.2 Å². The summed E-state index contributed by atoms with van der Waals surface area (Å²) in [6, 6.07) is 3.76. The SMILES string of the molecule is CC1(C)COc2c(S(N)(=O)=NC(=O)Nc3c4c(cc5c3CC(F)C5)CCC4)cnn2C1.CC1(C)COc2c(S(N)(=O)=NC(=O)Nc3c4c(cc5c3C[C@@H](F)C5)CCC4)cnn2C1.CC1(C)COc2c(S(N)(=O)=NC(=O)Nc3c4c(cc5c3C[C@H](F)C5)CCC4)cnn2C1. The number of nitrogens with two attached hydrogens (primary N) is 3. The highest BCUT2D eigenvalue weighted by Gasteiger charge is 2.38. The van der Waals surface area contributed by atoms with E-state index in [1.807, 2.05) is 41.5 Å². The number of hydrogen-bond acceptors (Lipinski definition) is 12. The predicted molar refractivity (Wildman–Crippen MR) is 343 cm³/mol. The molecule has 4 unspecified atom stereocenters. The Morgan fingerprint density at radius 2 is 0.720 bits per heavy atom. The van der Waals surface area contributed by atoms with E-state index in [2.05, 4.69) is 62.5 Å². The molecule has 6 aliphatic carbocycles. The maximum Gasteiger partial charge on any atom is 0.354 e. The number of hydrogen-bond donors (Lipinski definition) is 6. The van der Waals surface area contributed by atoms with E-state index in [1.54, 1.807) is 14.0 Å². The van der Waals surface area contributed by atoms with Crippen molar-refractivity contribution in [3.05, 3.63) is 104 Å². The van der Waals surface area contributed by atoms with Crippen LogP contribution in [0.15, 0.2) is 64.6 Å². The first kappa shape index (κ1) is 64.3. The fourth-order valence-corrected chi connectivity index (χ4v) is 17.4. The number of aromatic nitrogens is 6. The number of ether oxygens (including phenoxy) is 3. The lowest BCUT2D eigenvalue weighted by Gasteiger charge is -2.30. The fraction of sp³-hybridized carbons (Fsp3) is 0.524. The Bertz CT molecular complexity index is 4080. The highest BCUT2D eigenvalue weighted by molar-refractivity contribution is 7.92. The molecular weight excluding hydrogens is 1260 g/mol. The normalized spacial score (nSPS) is 22.6. The zero-order valence-electron chi connectivity index (χ0n) is 52.8. The summed E-state index contributed by atoms with van der Waals surface area (Å²) in [5.74, 6) is 0.848. The van der Waals surface area contributed by atoms with E-state index in [0.717, 1.165) is 125 Å². The van der Waals surface area contributed by atoms with Crippen LogP contribution < -0.4 is 45.6 Å². The van der Waals surface area contributed by atoms with Gasteiger partial charge in [-0.1, -0.05) is 59.7 Å². The zero-order valence-corrected chi connectivity index (χ0v) is 55.3. The Morgan fingerprint density at radius 3 is 0.989 bits per heavy atom. The van der Waals surface area contributed by atoms with Crippen molar-refractivity contribution < 1.29 is 54.4 Å². The third-order valence-electron chi connectivity index (χ3n) is 18.5. The second kappa shape index (κ2) is 23.8. The summed E-state index contributed by atoms with van der Waals surface area (Å²) in [5.41, 5.74) is 13.2. The van der Waals surface area contributed by atoms with Crippen molar-refractivity contribution in [2.24, 2.45) is 44.7 Å². The molecule has 0 radical (unpaired) electrons. The van der Waals surface area contributed by atoms with Gasteiger partial charge in [0.1, 0.15) is 33.2 Å². The molecule has 6 atom stereocenters. The van der Waals surface area contributed by atoms with Crippen LogP contribution in [0.2, 0.25) is 0 Å². The number of carbonyl (C=O) groups excluding carboxylic acids is 3. The van der Waals surface area contributed by atoms with Gasteiger partial charge < -0.3 is 30.2 Å². The van der Waals surface area contributed by atoms with Gasteiger partial charge in [0.15, 0.2) is 29.7 Å². The highest BCUT2D eigenvalue weighted by atomic mass is 32.2. The van der Waals surface area contributed by atoms with Crippen molar-refractivity contribution in [2.75, 3.05) is 35.8 Å². The molecule has 30 heteroatoms. The van der Waals surface area contributed by atoms with Crippen molar-refractivity contribution in [3.8, 4) is 17.6 Å². The molecule has 6 aromatic rings. The number of halogens is 3. The molecule has 9 aliphatic rings. The predicted octanol–water partition coefficient (Wildman–Crippen LogP) is 9.48. The van der Waals surface area contributed by atoms with Crippen molar-refractivity contribution in [1.29, 1.82) is 0 Å². The van der Waals surface area contributed by atoms with Gasteiger partial charge in [-0.3, -0.25) is 0 Å². The first-order chi connectivity index (χ1) is 43.9. The van der Waals surface area contributed by atoms with Crippen molar-refractivity contribution in [3.63, 3.8) is 0 Å². The number of urea groups is 3. The standard InChI is InChI=1S/3C21H26FN5O3S/c3*1-21(2)10-27-19(30-11-21)17(9-24-27)31(23,29)26-20(28)25-18-15-5-3-4-12(15)6-13-7-14(22)8-16(13)18/h3*6,9,14H,3-5,7-8,10-11H2,1-2H3,(H3,23,25,26,28,29)/t2*14-,31?;/m10./s1. The summed E-state index contributed by atoms with van der Waals surface area (Å²) in [6.45, 7) is 15.2. The monoisotopic (exact) mass is 1340 g/mol. The molecule has 0 bridgehead atoms. The molecule has 93 heavy (non-hydrogen) atoms. The van der Waals surface area contributed by atoms with Crippen LogP contribution in [0.4, 0.5) is 44.6 Å². The first-order valence-electron chi connectivity index (χ1n) is 31.4. The summed E-state index contributed by atoms with van der Waals surface area (Å²) in [7, 11) is -10.7. The van der Waals surface area contributed by atoms with Gasteiger partial charge in [0.25, 0.3) is 0 Å². The summed E-state index contributed by atoms with van der Waals surface area (Å²) in [5, 5.41) is 38.9. The van der Waals surface area contributed by atoms with Crippen LogP contribution in [0, 0.1) is 16.2 Å². The number of alkyl halides is 3. The largest absolute Gasteiger partial charge is 0.476 e. The maximum absolute atomic E-state index is 14.1. The number of amides is 6. The van der Waals surface area contributed by atoms with Crippen molar-refractivity contribution in [2.45, 2.75) is 191 Å². The van der Waals surface area contributed by atoms with E-state index in [0.29, 0.717) is 75.8 Å². The number of carbonyl (C=O) groups is 3. The van der Waals surface area contributed by atoms with Crippen LogP contribution in [0.5, 0.6) is 17.6 Å². The molecule has 6 amide bonds. The third kappa shape index (κ3) is 12.9. The molecule has 498 valence electrons. The molecule has 6 heterocycles. The maximum atomic E-state index is 14.1. The average Bonchev–Trinajstić information content (AvgIpc) is 1.73. The molecule has 3 aromatic carbocycles. The molecule has 0 fully saturated rings. The van der Waals surface area contributed by atoms with Gasteiger partial charge >= 0.3 is 18.1 Å². The van der Waals surface area contributed by atoms with Crippen LogP contribution in [0.25, 0.3) is 0 Å². The van der Waals surface area contributed by atoms with Crippen LogP contribution in [-0.4, -0.2) is 98.4 Å². The van der Waals surface area contributed by atoms with Crippen LogP contribution in [0.3, 0.4) is 0 Å². The molecule has 3 aliphatic heterocycles.